The highest BCUT2D eigenvalue weighted by Gasteiger charge is 2.10. The summed E-state index contributed by atoms with van der Waals surface area (Å²) in [4.78, 5) is 16.7. The van der Waals surface area contributed by atoms with E-state index in [1.807, 2.05) is 36.4 Å². The van der Waals surface area contributed by atoms with Crippen molar-refractivity contribution in [1.82, 2.24) is 10.3 Å². The molecule has 0 aliphatic carbocycles. The fourth-order valence-corrected chi connectivity index (χ4v) is 3.14. The molecule has 0 aliphatic heterocycles. The van der Waals surface area contributed by atoms with Gasteiger partial charge in [0.05, 0.1) is 23.9 Å². The van der Waals surface area contributed by atoms with Crippen molar-refractivity contribution in [1.29, 1.82) is 0 Å². The Morgan fingerprint density at radius 3 is 2.82 bits per heavy atom. The molecular formula is C22H26N4O2. The van der Waals surface area contributed by atoms with Crippen LogP contribution in [-0.2, 0) is 0 Å². The van der Waals surface area contributed by atoms with Gasteiger partial charge in [0, 0.05) is 35.9 Å². The van der Waals surface area contributed by atoms with Crippen molar-refractivity contribution in [2.24, 2.45) is 0 Å². The highest BCUT2D eigenvalue weighted by molar-refractivity contribution is 5.99. The maximum absolute atomic E-state index is 12.2. The monoisotopic (exact) mass is 378 g/mol. The highest BCUT2D eigenvalue weighted by Crippen LogP contribution is 2.28. The maximum Gasteiger partial charge on any atom is 0.253 e. The number of aromatic nitrogens is 1. The van der Waals surface area contributed by atoms with Crippen molar-refractivity contribution in [3.8, 4) is 5.75 Å². The van der Waals surface area contributed by atoms with Gasteiger partial charge in [-0.25, -0.2) is 0 Å². The quantitative estimate of drug-likeness (QED) is 0.409. The summed E-state index contributed by atoms with van der Waals surface area (Å²) in [6.45, 7) is 2.71. The fourth-order valence-electron chi connectivity index (χ4n) is 3.14. The van der Waals surface area contributed by atoms with Gasteiger partial charge in [0.2, 0.25) is 0 Å². The number of benzene rings is 2. The molecule has 0 fully saturated rings. The molecule has 0 radical (unpaired) electrons. The lowest BCUT2D eigenvalue weighted by molar-refractivity contribution is 0.0953. The number of amides is 1. The zero-order valence-electron chi connectivity index (χ0n) is 16.2. The topological polar surface area (TPSA) is 89.3 Å². The second kappa shape index (κ2) is 9.08. The van der Waals surface area contributed by atoms with Gasteiger partial charge in [0.1, 0.15) is 5.75 Å². The van der Waals surface area contributed by atoms with E-state index in [9.17, 15) is 4.79 Å². The average molecular weight is 378 g/mol. The molecule has 1 unspecified atom stereocenters. The van der Waals surface area contributed by atoms with Crippen LogP contribution < -0.4 is 21.1 Å². The number of nitrogens with two attached hydrogens (primary N) is 1. The van der Waals surface area contributed by atoms with E-state index in [4.69, 9.17) is 10.5 Å². The van der Waals surface area contributed by atoms with Crippen LogP contribution in [0.4, 0.5) is 11.4 Å². The smallest absolute Gasteiger partial charge is 0.253 e. The fraction of sp³-hybridized carbons (Fsp3) is 0.273. The van der Waals surface area contributed by atoms with Crippen molar-refractivity contribution in [2.45, 2.75) is 25.8 Å². The first-order valence-electron chi connectivity index (χ1n) is 9.40. The molecule has 2 aromatic carbocycles. The van der Waals surface area contributed by atoms with Crippen LogP contribution >= 0.6 is 0 Å². The number of carbonyl (C=O) groups excluding carboxylic acids is 1. The number of nitrogens with one attached hydrogen (secondary N) is 2. The molecule has 4 N–H and O–H groups in total. The SMILES string of the molecule is COc1cc(NC(C)CCCNC(=O)c2ccccc2N)c2ncccc2c1. The predicted molar refractivity (Wildman–Crippen MR) is 114 cm³/mol. The molecule has 0 saturated carbocycles. The van der Waals surface area contributed by atoms with Gasteiger partial charge >= 0.3 is 0 Å². The van der Waals surface area contributed by atoms with E-state index in [2.05, 4.69) is 22.5 Å². The second-order valence-corrected chi connectivity index (χ2v) is 6.78. The summed E-state index contributed by atoms with van der Waals surface area (Å²) in [5.74, 6) is 0.657. The Hall–Kier alpha value is -3.28. The van der Waals surface area contributed by atoms with Gasteiger partial charge in [-0.2, -0.15) is 0 Å². The van der Waals surface area contributed by atoms with Crippen LogP contribution in [0.2, 0.25) is 0 Å². The Morgan fingerprint density at radius 1 is 1.21 bits per heavy atom. The Labute approximate surface area is 165 Å². The van der Waals surface area contributed by atoms with Gasteiger partial charge in [-0.15, -0.1) is 0 Å². The highest BCUT2D eigenvalue weighted by atomic mass is 16.5. The van der Waals surface area contributed by atoms with Crippen LogP contribution in [-0.4, -0.2) is 30.6 Å². The standard InChI is InChI=1S/C22H26N4O2/c1-15(7-5-12-25-22(27)18-9-3-4-10-19(18)23)26-20-14-17(28-2)13-16-8-6-11-24-21(16)20/h3-4,6,8-11,13-15,26H,5,7,12,23H2,1-2H3,(H,25,27). The third-order valence-corrected chi connectivity index (χ3v) is 4.62. The molecule has 28 heavy (non-hydrogen) atoms. The minimum atomic E-state index is -0.137. The number of pyridine rings is 1. The number of para-hydroxylation sites is 1. The van der Waals surface area contributed by atoms with Gasteiger partial charge in [-0.3, -0.25) is 9.78 Å². The minimum absolute atomic E-state index is 0.137. The number of carbonyl (C=O) groups is 1. The summed E-state index contributed by atoms with van der Waals surface area (Å²) < 4.78 is 5.40. The van der Waals surface area contributed by atoms with Gasteiger partial charge in [-0.05, 0) is 44.0 Å². The lowest BCUT2D eigenvalue weighted by Crippen LogP contribution is -2.26. The first kappa shape index (κ1) is 19.5. The number of methoxy groups -OCH3 is 1. The molecular weight excluding hydrogens is 352 g/mol. The average Bonchev–Trinajstić information content (AvgIpc) is 2.71. The molecule has 1 atom stereocenters. The van der Waals surface area contributed by atoms with E-state index in [1.54, 1.807) is 25.4 Å². The van der Waals surface area contributed by atoms with Crippen LogP contribution in [0, 0.1) is 0 Å². The Balaban J connectivity index is 1.54. The lowest BCUT2D eigenvalue weighted by atomic mass is 10.1. The third kappa shape index (κ3) is 4.71. The van der Waals surface area contributed by atoms with Crippen molar-refractivity contribution in [2.75, 3.05) is 24.7 Å². The van der Waals surface area contributed by atoms with E-state index in [0.717, 1.165) is 35.2 Å². The van der Waals surface area contributed by atoms with Crippen molar-refractivity contribution >= 4 is 28.2 Å². The van der Waals surface area contributed by atoms with Gasteiger partial charge in [-0.1, -0.05) is 18.2 Å². The Kier molecular flexibility index (Phi) is 6.32. The third-order valence-electron chi connectivity index (χ3n) is 4.62. The molecule has 146 valence electrons. The molecule has 0 aliphatic rings. The molecule has 3 aromatic rings. The van der Waals surface area contributed by atoms with E-state index in [1.165, 1.54) is 0 Å². The zero-order chi connectivity index (χ0) is 19.9. The van der Waals surface area contributed by atoms with E-state index < -0.39 is 0 Å². The summed E-state index contributed by atoms with van der Waals surface area (Å²) in [5, 5.41) is 7.47. The number of ether oxygens (including phenoxy) is 1. The largest absolute Gasteiger partial charge is 0.497 e. The number of hydrogen-bond acceptors (Lipinski definition) is 5. The zero-order valence-corrected chi connectivity index (χ0v) is 16.2. The minimum Gasteiger partial charge on any atom is -0.497 e. The molecule has 1 aromatic heterocycles. The predicted octanol–water partition coefficient (Wildman–Crippen LogP) is 3.84. The second-order valence-electron chi connectivity index (χ2n) is 6.78. The maximum atomic E-state index is 12.2. The van der Waals surface area contributed by atoms with Crippen molar-refractivity contribution in [3.63, 3.8) is 0 Å². The van der Waals surface area contributed by atoms with E-state index in [0.29, 0.717) is 17.8 Å². The normalized spacial score (nSPS) is 11.8. The summed E-state index contributed by atoms with van der Waals surface area (Å²) >= 11 is 0. The Morgan fingerprint density at radius 2 is 2.04 bits per heavy atom. The Bertz CT molecular complexity index is 958. The van der Waals surface area contributed by atoms with E-state index in [-0.39, 0.29) is 11.9 Å². The summed E-state index contributed by atoms with van der Waals surface area (Å²) in [5.41, 5.74) is 8.72. The molecule has 0 saturated heterocycles. The molecule has 6 nitrogen and oxygen atoms in total. The van der Waals surface area contributed by atoms with Crippen LogP contribution in [0.3, 0.4) is 0 Å². The first-order chi connectivity index (χ1) is 13.6. The summed E-state index contributed by atoms with van der Waals surface area (Å²) in [7, 11) is 1.66. The number of fused-ring (bicyclic) bond motifs is 1. The van der Waals surface area contributed by atoms with Crippen LogP contribution in [0.15, 0.2) is 54.7 Å². The number of rotatable bonds is 8. The van der Waals surface area contributed by atoms with Crippen LogP contribution in [0.25, 0.3) is 10.9 Å². The number of nitrogens with zero attached hydrogens (tertiary/aromatic N) is 1. The molecule has 6 heteroatoms. The summed E-state index contributed by atoms with van der Waals surface area (Å²) in [6.07, 6.45) is 3.54. The molecule has 0 spiro atoms. The number of anilines is 2. The van der Waals surface area contributed by atoms with E-state index >= 15 is 0 Å². The van der Waals surface area contributed by atoms with Crippen molar-refractivity contribution in [3.05, 3.63) is 60.3 Å². The molecule has 0 bridgehead atoms. The van der Waals surface area contributed by atoms with Gasteiger partial charge in [0.25, 0.3) is 5.91 Å². The number of hydrogen-bond donors (Lipinski definition) is 3. The van der Waals surface area contributed by atoms with Crippen LogP contribution in [0.5, 0.6) is 5.75 Å². The van der Waals surface area contributed by atoms with Crippen molar-refractivity contribution < 1.29 is 9.53 Å². The van der Waals surface area contributed by atoms with Gasteiger partial charge < -0.3 is 21.1 Å². The molecule has 1 amide bonds. The van der Waals surface area contributed by atoms with Crippen LogP contribution in [0.1, 0.15) is 30.1 Å². The number of nitrogen functional groups attached to an aromatic ring is 1. The molecule has 1 heterocycles. The molecule has 3 rings (SSSR count). The first-order valence-corrected chi connectivity index (χ1v) is 9.40. The summed E-state index contributed by atoms with van der Waals surface area (Å²) in [6, 6.07) is 15.2. The van der Waals surface area contributed by atoms with Gasteiger partial charge in [0.15, 0.2) is 0 Å². The lowest BCUT2D eigenvalue weighted by Gasteiger charge is -2.17.